The van der Waals surface area contributed by atoms with Gasteiger partial charge in [-0.3, -0.25) is 0 Å². The summed E-state index contributed by atoms with van der Waals surface area (Å²) in [5, 5.41) is 9.23. The van der Waals surface area contributed by atoms with Crippen molar-refractivity contribution in [1.82, 2.24) is 0 Å². The van der Waals surface area contributed by atoms with E-state index in [9.17, 15) is 5.11 Å². The SMILES string of the molecule is CCC(C)(Br)OC(C)(C)O. The van der Waals surface area contributed by atoms with Gasteiger partial charge in [0.25, 0.3) is 0 Å². The van der Waals surface area contributed by atoms with E-state index in [1.807, 2.05) is 13.8 Å². The third kappa shape index (κ3) is 5.21. The van der Waals surface area contributed by atoms with Gasteiger partial charge in [-0.25, -0.2) is 0 Å². The van der Waals surface area contributed by atoms with Crippen LogP contribution in [0.25, 0.3) is 0 Å². The average molecular weight is 211 g/mol. The molecule has 3 heteroatoms. The number of aliphatic hydroxyl groups is 1. The fourth-order valence-corrected chi connectivity index (χ4v) is 0.989. The molecule has 1 atom stereocenters. The Bertz CT molecular complexity index is 105. The molecular formula is C7H15BrO2. The number of rotatable bonds is 3. The van der Waals surface area contributed by atoms with E-state index in [1.165, 1.54) is 0 Å². The van der Waals surface area contributed by atoms with E-state index >= 15 is 0 Å². The Kier molecular flexibility index (Phi) is 3.33. The molecule has 0 aromatic carbocycles. The molecule has 62 valence electrons. The summed E-state index contributed by atoms with van der Waals surface area (Å²) in [5.74, 6) is -1.06. The highest BCUT2D eigenvalue weighted by Crippen LogP contribution is 2.27. The quantitative estimate of drug-likeness (QED) is 0.573. The minimum absolute atomic E-state index is 0.411. The molecule has 10 heavy (non-hydrogen) atoms. The molecule has 0 amide bonds. The fourth-order valence-electron chi connectivity index (χ4n) is 0.593. The second-order valence-corrected chi connectivity index (χ2v) is 4.68. The van der Waals surface area contributed by atoms with Crippen LogP contribution in [-0.2, 0) is 4.74 Å². The second kappa shape index (κ2) is 3.20. The predicted molar refractivity (Wildman–Crippen MR) is 45.0 cm³/mol. The van der Waals surface area contributed by atoms with Gasteiger partial charge < -0.3 is 9.84 Å². The van der Waals surface area contributed by atoms with Crippen LogP contribution in [0.1, 0.15) is 34.1 Å². The maximum Gasteiger partial charge on any atom is 0.161 e. The molecule has 0 aromatic heterocycles. The maximum absolute atomic E-state index is 9.23. The van der Waals surface area contributed by atoms with Gasteiger partial charge in [0, 0.05) is 0 Å². The highest BCUT2D eigenvalue weighted by molar-refractivity contribution is 9.10. The van der Waals surface area contributed by atoms with E-state index in [0.29, 0.717) is 0 Å². The molecule has 0 radical (unpaired) electrons. The van der Waals surface area contributed by atoms with Gasteiger partial charge in [-0.2, -0.15) is 0 Å². The first-order chi connectivity index (χ1) is 4.27. The van der Waals surface area contributed by atoms with Crippen LogP contribution in [0.5, 0.6) is 0 Å². The number of alkyl halides is 1. The van der Waals surface area contributed by atoms with Crippen molar-refractivity contribution in [3.63, 3.8) is 0 Å². The molecule has 1 unspecified atom stereocenters. The smallest absolute Gasteiger partial charge is 0.161 e. The van der Waals surface area contributed by atoms with Crippen LogP contribution in [-0.4, -0.2) is 15.4 Å². The van der Waals surface area contributed by atoms with E-state index in [-0.39, 0.29) is 0 Å². The molecule has 2 nitrogen and oxygen atoms in total. The topological polar surface area (TPSA) is 29.5 Å². The summed E-state index contributed by atoms with van der Waals surface area (Å²) in [6.45, 7) is 7.09. The van der Waals surface area contributed by atoms with Crippen molar-refractivity contribution in [2.75, 3.05) is 0 Å². The molecule has 0 aliphatic carbocycles. The predicted octanol–water partition coefficient (Wildman–Crippen LogP) is 2.25. The molecule has 0 bridgehead atoms. The van der Waals surface area contributed by atoms with Crippen LogP contribution in [0.3, 0.4) is 0 Å². The Labute approximate surface area is 70.7 Å². The Morgan fingerprint density at radius 2 is 1.80 bits per heavy atom. The van der Waals surface area contributed by atoms with Gasteiger partial charge in [-0.1, -0.05) is 22.9 Å². The maximum atomic E-state index is 9.23. The average Bonchev–Trinajstić information content (AvgIpc) is 1.60. The minimum atomic E-state index is -1.06. The van der Waals surface area contributed by atoms with Crippen molar-refractivity contribution in [1.29, 1.82) is 0 Å². The summed E-state index contributed by atoms with van der Waals surface area (Å²) < 4.78 is 4.84. The van der Waals surface area contributed by atoms with Crippen LogP contribution >= 0.6 is 15.9 Å². The molecule has 0 aromatic rings. The first-order valence-corrected chi connectivity index (χ1v) is 4.17. The first kappa shape index (κ1) is 10.4. The van der Waals surface area contributed by atoms with E-state index in [4.69, 9.17) is 4.74 Å². The Morgan fingerprint density at radius 1 is 1.40 bits per heavy atom. The van der Waals surface area contributed by atoms with E-state index < -0.39 is 10.3 Å². The molecule has 0 spiro atoms. The molecule has 0 saturated heterocycles. The van der Waals surface area contributed by atoms with Gasteiger partial charge in [0.1, 0.15) is 4.51 Å². The van der Waals surface area contributed by atoms with Gasteiger partial charge in [0.2, 0.25) is 0 Å². The molecule has 0 aliphatic heterocycles. The lowest BCUT2D eigenvalue weighted by molar-refractivity contribution is -0.210. The zero-order chi connectivity index (χ0) is 8.41. The monoisotopic (exact) mass is 210 g/mol. The lowest BCUT2D eigenvalue weighted by atomic mass is 10.3. The van der Waals surface area contributed by atoms with E-state index in [1.54, 1.807) is 13.8 Å². The van der Waals surface area contributed by atoms with Gasteiger partial charge in [0.15, 0.2) is 5.79 Å². The lowest BCUT2D eigenvalue weighted by Gasteiger charge is -2.29. The molecule has 0 rings (SSSR count). The highest BCUT2D eigenvalue weighted by atomic mass is 79.9. The van der Waals surface area contributed by atoms with Crippen molar-refractivity contribution < 1.29 is 9.84 Å². The Balaban J connectivity index is 3.89. The second-order valence-electron chi connectivity index (χ2n) is 3.00. The van der Waals surface area contributed by atoms with Crippen molar-refractivity contribution >= 4 is 15.9 Å². The van der Waals surface area contributed by atoms with Crippen LogP contribution in [0.15, 0.2) is 0 Å². The van der Waals surface area contributed by atoms with Crippen molar-refractivity contribution in [2.24, 2.45) is 0 Å². The normalized spacial score (nSPS) is 18.6. The summed E-state index contributed by atoms with van der Waals surface area (Å²) in [6.07, 6.45) is 0.816. The summed E-state index contributed by atoms with van der Waals surface area (Å²) in [6, 6.07) is 0. The third-order valence-corrected chi connectivity index (χ3v) is 1.82. The number of ether oxygens (including phenoxy) is 1. The van der Waals surface area contributed by atoms with Crippen LogP contribution in [0.2, 0.25) is 0 Å². The van der Waals surface area contributed by atoms with Crippen LogP contribution in [0.4, 0.5) is 0 Å². The molecule has 0 heterocycles. The Hall–Kier alpha value is 0.400. The van der Waals surface area contributed by atoms with Gasteiger partial charge in [-0.05, 0) is 27.2 Å². The molecule has 1 N–H and O–H groups in total. The van der Waals surface area contributed by atoms with Crippen molar-refractivity contribution in [3.8, 4) is 0 Å². The molecule has 0 fully saturated rings. The zero-order valence-corrected chi connectivity index (χ0v) is 8.53. The van der Waals surface area contributed by atoms with Crippen molar-refractivity contribution in [2.45, 2.75) is 44.4 Å². The zero-order valence-electron chi connectivity index (χ0n) is 6.94. The number of halogens is 1. The minimum Gasteiger partial charge on any atom is -0.366 e. The number of hydrogen-bond acceptors (Lipinski definition) is 2. The third-order valence-electron chi connectivity index (χ3n) is 1.09. The lowest BCUT2D eigenvalue weighted by Crippen LogP contribution is -2.33. The highest BCUT2D eigenvalue weighted by Gasteiger charge is 2.26. The summed E-state index contributed by atoms with van der Waals surface area (Å²) in [7, 11) is 0. The fraction of sp³-hybridized carbons (Fsp3) is 1.00. The van der Waals surface area contributed by atoms with E-state index in [0.717, 1.165) is 6.42 Å². The van der Waals surface area contributed by atoms with Crippen molar-refractivity contribution in [3.05, 3.63) is 0 Å². The number of hydrogen-bond donors (Lipinski definition) is 1. The standard InChI is InChI=1S/C7H15BrO2/c1-5-7(4,8)10-6(2,3)9/h9H,5H2,1-4H3. The molecule has 0 aliphatic rings. The van der Waals surface area contributed by atoms with Crippen LogP contribution in [0, 0.1) is 0 Å². The van der Waals surface area contributed by atoms with Gasteiger partial charge >= 0.3 is 0 Å². The molecule has 0 saturated carbocycles. The summed E-state index contributed by atoms with van der Waals surface area (Å²) in [4.78, 5) is 0. The van der Waals surface area contributed by atoms with Crippen LogP contribution < -0.4 is 0 Å². The first-order valence-electron chi connectivity index (χ1n) is 3.38. The largest absolute Gasteiger partial charge is 0.366 e. The summed E-state index contributed by atoms with van der Waals surface area (Å²) in [5.41, 5.74) is 0. The Morgan fingerprint density at radius 3 is 1.90 bits per heavy atom. The summed E-state index contributed by atoms with van der Waals surface area (Å²) >= 11 is 3.33. The molecular weight excluding hydrogens is 196 g/mol. The van der Waals surface area contributed by atoms with E-state index in [2.05, 4.69) is 15.9 Å². The van der Waals surface area contributed by atoms with Gasteiger partial charge in [-0.15, -0.1) is 0 Å². The van der Waals surface area contributed by atoms with Gasteiger partial charge in [0.05, 0.1) is 0 Å².